The Labute approximate surface area is 86.4 Å². The number of ether oxygens (including phenoxy) is 1. The summed E-state index contributed by atoms with van der Waals surface area (Å²) in [5, 5.41) is 3.80. The fourth-order valence-corrected chi connectivity index (χ4v) is 3.00. The summed E-state index contributed by atoms with van der Waals surface area (Å²) in [5.74, 6) is 0. The highest BCUT2D eigenvalue weighted by Gasteiger charge is 2.42. The van der Waals surface area contributed by atoms with Gasteiger partial charge in [0.05, 0.1) is 5.60 Å². The first-order chi connectivity index (χ1) is 6.86. The standard InChI is InChI=1S/C12H21NO/c1-3-10(4-1)13-11-5-8-14-12(9-11)6-2-7-12/h10-11,13H,1-9H2. The highest BCUT2D eigenvalue weighted by atomic mass is 16.5. The van der Waals surface area contributed by atoms with Gasteiger partial charge in [0, 0.05) is 18.7 Å². The van der Waals surface area contributed by atoms with Gasteiger partial charge in [-0.3, -0.25) is 0 Å². The lowest BCUT2D eigenvalue weighted by Gasteiger charge is -2.48. The van der Waals surface area contributed by atoms with Crippen molar-refractivity contribution < 1.29 is 4.74 Å². The average molecular weight is 195 g/mol. The quantitative estimate of drug-likeness (QED) is 0.729. The van der Waals surface area contributed by atoms with Crippen LogP contribution in [0.3, 0.4) is 0 Å². The van der Waals surface area contributed by atoms with Gasteiger partial charge in [-0.15, -0.1) is 0 Å². The molecule has 0 radical (unpaired) electrons. The van der Waals surface area contributed by atoms with Gasteiger partial charge >= 0.3 is 0 Å². The molecule has 2 nitrogen and oxygen atoms in total. The zero-order valence-corrected chi connectivity index (χ0v) is 8.93. The zero-order chi connectivity index (χ0) is 9.43. The number of rotatable bonds is 2. The van der Waals surface area contributed by atoms with E-state index in [9.17, 15) is 0 Å². The lowest BCUT2D eigenvalue weighted by atomic mass is 9.73. The minimum Gasteiger partial charge on any atom is -0.375 e. The summed E-state index contributed by atoms with van der Waals surface area (Å²) in [6.45, 7) is 0.990. The normalized spacial score (nSPS) is 36.4. The van der Waals surface area contributed by atoms with Crippen molar-refractivity contribution in [3.63, 3.8) is 0 Å². The van der Waals surface area contributed by atoms with Gasteiger partial charge in [0.25, 0.3) is 0 Å². The second-order valence-corrected chi connectivity index (χ2v) is 5.37. The molecule has 80 valence electrons. The minimum atomic E-state index is 0.319. The van der Waals surface area contributed by atoms with Crippen LogP contribution in [0.25, 0.3) is 0 Å². The molecule has 1 unspecified atom stereocenters. The van der Waals surface area contributed by atoms with Crippen LogP contribution in [0.1, 0.15) is 51.4 Å². The van der Waals surface area contributed by atoms with Crippen molar-refractivity contribution in [2.24, 2.45) is 0 Å². The van der Waals surface area contributed by atoms with Gasteiger partial charge in [-0.1, -0.05) is 6.42 Å². The smallest absolute Gasteiger partial charge is 0.0697 e. The van der Waals surface area contributed by atoms with Crippen LogP contribution >= 0.6 is 0 Å². The molecule has 0 bridgehead atoms. The monoisotopic (exact) mass is 195 g/mol. The molecule has 3 rings (SSSR count). The Kier molecular flexibility index (Phi) is 2.29. The molecule has 14 heavy (non-hydrogen) atoms. The van der Waals surface area contributed by atoms with Crippen molar-refractivity contribution in [1.82, 2.24) is 5.32 Å². The fourth-order valence-electron chi connectivity index (χ4n) is 3.00. The van der Waals surface area contributed by atoms with Crippen LogP contribution < -0.4 is 5.32 Å². The van der Waals surface area contributed by atoms with Crippen LogP contribution in [-0.2, 0) is 4.74 Å². The van der Waals surface area contributed by atoms with E-state index in [0.717, 1.165) is 18.7 Å². The van der Waals surface area contributed by atoms with Crippen LogP contribution in [-0.4, -0.2) is 24.3 Å². The second-order valence-electron chi connectivity index (χ2n) is 5.37. The van der Waals surface area contributed by atoms with Gasteiger partial charge in [-0.2, -0.15) is 0 Å². The van der Waals surface area contributed by atoms with Gasteiger partial charge in [0.15, 0.2) is 0 Å². The molecule has 1 heterocycles. The molecule has 2 saturated carbocycles. The third kappa shape index (κ3) is 1.59. The molecule has 2 aliphatic carbocycles. The number of nitrogens with one attached hydrogen (secondary N) is 1. The molecular weight excluding hydrogens is 174 g/mol. The Balaban J connectivity index is 1.53. The molecule has 1 saturated heterocycles. The Morgan fingerprint density at radius 1 is 1.00 bits per heavy atom. The summed E-state index contributed by atoms with van der Waals surface area (Å²) < 4.78 is 5.92. The summed E-state index contributed by atoms with van der Waals surface area (Å²) in [6.07, 6.45) is 10.8. The van der Waals surface area contributed by atoms with Crippen molar-refractivity contribution in [3.8, 4) is 0 Å². The Morgan fingerprint density at radius 2 is 1.86 bits per heavy atom. The molecular formula is C12H21NO. The zero-order valence-electron chi connectivity index (χ0n) is 8.93. The lowest BCUT2D eigenvalue weighted by Crippen LogP contribution is -2.53. The van der Waals surface area contributed by atoms with Crippen LogP contribution in [0.2, 0.25) is 0 Å². The summed E-state index contributed by atoms with van der Waals surface area (Å²) in [6, 6.07) is 1.60. The van der Waals surface area contributed by atoms with Gasteiger partial charge in [-0.05, 0) is 44.9 Å². The van der Waals surface area contributed by atoms with E-state index in [-0.39, 0.29) is 0 Å². The molecule has 1 aliphatic heterocycles. The first kappa shape index (κ1) is 9.17. The summed E-state index contributed by atoms with van der Waals surface area (Å²) in [4.78, 5) is 0. The number of hydrogen-bond donors (Lipinski definition) is 1. The van der Waals surface area contributed by atoms with Crippen molar-refractivity contribution in [1.29, 1.82) is 0 Å². The fraction of sp³-hybridized carbons (Fsp3) is 1.00. The van der Waals surface area contributed by atoms with Crippen molar-refractivity contribution in [3.05, 3.63) is 0 Å². The molecule has 0 amide bonds. The number of hydrogen-bond acceptors (Lipinski definition) is 2. The third-order valence-electron chi connectivity index (χ3n) is 4.33. The highest BCUT2D eigenvalue weighted by Crippen LogP contribution is 2.42. The van der Waals surface area contributed by atoms with E-state index in [1.165, 1.54) is 51.4 Å². The average Bonchev–Trinajstić information content (AvgIpc) is 2.10. The van der Waals surface area contributed by atoms with E-state index in [4.69, 9.17) is 4.74 Å². The largest absolute Gasteiger partial charge is 0.375 e. The van der Waals surface area contributed by atoms with E-state index in [0.29, 0.717) is 5.60 Å². The van der Waals surface area contributed by atoms with E-state index in [2.05, 4.69) is 5.32 Å². The highest BCUT2D eigenvalue weighted by molar-refractivity contribution is 4.97. The van der Waals surface area contributed by atoms with E-state index in [1.54, 1.807) is 0 Å². The molecule has 1 spiro atoms. The molecule has 3 aliphatic rings. The van der Waals surface area contributed by atoms with Crippen LogP contribution in [0.5, 0.6) is 0 Å². The SMILES string of the molecule is C1CC(NC2CCOC3(CCC3)C2)C1. The lowest BCUT2D eigenvalue weighted by molar-refractivity contribution is -0.136. The van der Waals surface area contributed by atoms with Gasteiger partial charge in [0.1, 0.15) is 0 Å². The Morgan fingerprint density at radius 3 is 2.43 bits per heavy atom. The van der Waals surface area contributed by atoms with Gasteiger partial charge < -0.3 is 10.1 Å². The molecule has 3 fully saturated rings. The first-order valence-corrected chi connectivity index (χ1v) is 6.26. The molecule has 0 aromatic heterocycles. The van der Waals surface area contributed by atoms with Crippen molar-refractivity contribution in [2.45, 2.75) is 69.1 Å². The topological polar surface area (TPSA) is 21.3 Å². The molecule has 0 aromatic rings. The van der Waals surface area contributed by atoms with E-state index >= 15 is 0 Å². The van der Waals surface area contributed by atoms with E-state index < -0.39 is 0 Å². The summed E-state index contributed by atoms with van der Waals surface area (Å²) in [5.41, 5.74) is 0.319. The van der Waals surface area contributed by atoms with Crippen molar-refractivity contribution in [2.75, 3.05) is 6.61 Å². The maximum atomic E-state index is 5.92. The summed E-state index contributed by atoms with van der Waals surface area (Å²) >= 11 is 0. The minimum absolute atomic E-state index is 0.319. The summed E-state index contributed by atoms with van der Waals surface area (Å²) in [7, 11) is 0. The van der Waals surface area contributed by atoms with Crippen LogP contribution in [0.4, 0.5) is 0 Å². The molecule has 2 heteroatoms. The molecule has 0 aromatic carbocycles. The molecule has 1 N–H and O–H groups in total. The molecule has 1 atom stereocenters. The predicted molar refractivity (Wildman–Crippen MR) is 56.3 cm³/mol. The van der Waals surface area contributed by atoms with Gasteiger partial charge in [-0.25, -0.2) is 0 Å². The van der Waals surface area contributed by atoms with E-state index in [1.807, 2.05) is 0 Å². The first-order valence-electron chi connectivity index (χ1n) is 6.26. The Bertz CT molecular complexity index is 208. The maximum Gasteiger partial charge on any atom is 0.0697 e. The third-order valence-corrected chi connectivity index (χ3v) is 4.33. The van der Waals surface area contributed by atoms with Crippen molar-refractivity contribution >= 4 is 0 Å². The van der Waals surface area contributed by atoms with Gasteiger partial charge in [0.2, 0.25) is 0 Å². The predicted octanol–water partition coefficient (Wildman–Crippen LogP) is 2.23. The van der Waals surface area contributed by atoms with Crippen LogP contribution in [0.15, 0.2) is 0 Å². The maximum absolute atomic E-state index is 5.92. The van der Waals surface area contributed by atoms with Crippen LogP contribution in [0, 0.1) is 0 Å². The Hall–Kier alpha value is -0.0800. The second kappa shape index (κ2) is 3.49.